The molecule has 0 spiro atoms. The van der Waals surface area contributed by atoms with Gasteiger partial charge in [-0.25, -0.2) is 4.98 Å². The highest BCUT2D eigenvalue weighted by Crippen LogP contribution is 2.32. The lowest BCUT2D eigenvalue weighted by molar-refractivity contribution is 0.0340. The van der Waals surface area contributed by atoms with Gasteiger partial charge in [-0.2, -0.15) is 10.4 Å². The zero-order valence-corrected chi connectivity index (χ0v) is 14.9. The van der Waals surface area contributed by atoms with Gasteiger partial charge < -0.3 is 9.64 Å². The zero-order valence-electron chi connectivity index (χ0n) is 14.9. The Balaban J connectivity index is 1.50. The molecule has 0 saturated carbocycles. The molecule has 26 heavy (non-hydrogen) atoms. The van der Waals surface area contributed by atoms with E-state index >= 15 is 0 Å². The molecule has 1 N–H and O–H groups in total. The Hall–Kier alpha value is -2.43. The summed E-state index contributed by atoms with van der Waals surface area (Å²) >= 11 is 0. The number of hydrogen-bond donors (Lipinski definition) is 1. The minimum atomic E-state index is 0.397. The van der Waals surface area contributed by atoms with Crippen LogP contribution >= 0.6 is 0 Å². The van der Waals surface area contributed by atoms with Crippen LogP contribution in [-0.4, -0.2) is 59.5 Å². The lowest BCUT2D eigenvalue weighted by Crippen LogP contribution is -2.37. The van der Waals surface area contributed by atoms with Crippen LogP contribution in [-0.2, 0) is 11.3 Å². The fourth-order valence-electron chi connectivity index (χ4n) is 3.97. The number of ether oxygens (including phenoxy) is 1. The topological polar surface area (TPSA) is 81.1 Å². The molecule has 7 heteroatoms. The summed E-state index contributed by atoms with van der Waals surface area (Å²) in [6, 6.07) is 6.11. The standard InChI is InChI=1S/C19H24N6O/c20-11-17-18(4-1-5-21-17)25-6-2-3-15(14-25)19-16(12-22-23-19)13-24-7-9-26-10-8-24/h1,4-5,12,15H,2-3,6-10,13-14H2,(H,22,23). The van der Waals surface area contributed by atoms with Crippen molar-refractivity contribution in [3.63, 3.8) is 0 Å². The molecular weight excluding hydrogens is 328 g/mol. The van der Waals surface area contributed by atoms with Gasteiger partial charge in [0, 0.05) is 56.1 Å². The predicted molar refractivity (Wildman–Crippen MR) is 97.8 cm³/mol. The van der Waals surface area contributed by atoms with Crippen LogP contribution in [0.4, 0.5) is 5.69 Å². The van der Waals surface area contributed by atoms with Gasteiger partial charge in [0.05, 0.1) is 25.1 Å². The molecule has 2 aliphatic heterocycles. The number of morpholine rings is 1. The summed E-state index contributed by atoms with van der Waals surface area (Å²) in [5.74, 6) is 0.397. The maximum Gasteiger partial charge on any atom is 0.163 e. The number of nitrogens with one attached hydrogen (secondary N) is 1. The molecule has 1 unspecified atom stereocenters. The number of piperidine rings is 1. The molecule has 4 rings (SSSR count). The maximum atomic E-state index is 9.35. The van der Waals surface area contributed by atoms with Crippen LogP contribution in [0.5, 0.6) is 0 Å². The van der Waals surface area contributed by atoms with Gasteiger partial charge in [0.25, 0.3) is 0 Å². The molecule has 136 valence electrons. The molecule has 4 heterocycles. The second-order valence-electron chi connectivity index (χ2n) is 6.97. The number of aromatic nitrogens is 3. The molecule has 1 atom stereocenters. The van der Waals surface area contributed by atoms with Crippen molar-refractivity contribution in [1.29, 1.82) is 5.26 Å². The van der Waals surface area contributed by atoms with Gasteiger partial charge in [0.1, 0.15) is 6.07 Å². The van der Waals surface area contributed by atoms with Gasteiger partial charge in [-0.15, -0.1) is 0 Å². The minimum Gasteiger partial charge on any atom is -0.379 e. The van der Waals surface area contributed by atoms with E-state index in [0.29, 0.717) is 11.6 Å². The van der Waals surface area contributed by atoms with E-state index in [1.54, 1.807) is 6.20 Å². The summed E-state index contributed by atoms with van der Waals surface area (Å²) in [6.07, 6.45) is 5.88. The largest absolute Gasteiger partial charge is 0.379 e. The Kier molecular flexibility index (Phi) is 5.14. The van der Waals surface area contributed by atoms with E-state index in [0.717, 1.165) is 64.5 Å². The van der Waals surface area contributed by atoms with E-state index in [1.807, 2.05) is 18.3 Å². The average Bonchev–Trinajstić information content (AvgIpc) is 3.17. The quantitative estimate of drug-likeness (QED) is 0.905. The highest BCUT2D eigenvalue weighted by molar-refractivity contribution is 5.56. The second kappa shape index (κ2) is 7.85. The molecule has 0 bridgehead atoms. The molecule has 2 aromatic rings. The molecule has 0 radical (unpaired) electrons. The lowest BCUT2D eigenvalue weighted by Gasteiger charge is -2.35. The van der Waals surface area contributed by atoms with Crippen LogP contribution in [0, 0.1) is 11.3 Å². The first kappa shape index (κ1) is 17.0. The van der Waals surface area contributed by atoms with E-state index in [1.165, 1.54) is 11.3 Å². The highest BCUT2D eigenvalue weighted by Gasteiger charge is 2.27. The predicted octanol–water partition coefficient (Wildman–Crippen LogP) is 1.89. The van der Waals surface area contributed by atoms with Gasteiger partial charge in [0.2, 0.25) is 0 Å². The number of nitriles is 1. The van der Waals surface area contributed by atoms with Crippen molar-refractivity contribution in [1.82, 2.24) is 20.1 Å². The number of nitrogens with zero attached hydrogens (tertiary/aromatic N) is 5. The maximum absolute atomic E-state index is 9.35. The van der Waals surface area contributed by atoms with Crippen LogP contribution in [0.15, 0.2) is 24.5 Å². The lowest BCUT2D eigenvalue weighted by atomic mass is 9.92. The molecule has 0 amide bonds. The first-order valence-corrected chi connectivity index (χ1v) is 9.27. The molecule has 2 aliphatic rings. The Morgan fingerprint density at radius 3 is 3.04 bits per heavy atom. The first-order valence-electron chi connectivity index (χ1n) is 9.27. The number of anilines is 1. The van der Waals surface area contributed by atoms with Crippen LogP contribution in [0.25, 0.3) is 0 Å². The van der Waals surface area contributed by atoms with E-state index in [-0.39, 0.29) is 0 Å². The third kappa shape index (κ3) is 3.57. The molecule has 2 saturated heterocycles. The van der Waals surface area contributed by atoms with Crippen molar-refractivity contribution in [3.05, 3.63) is 41.5 Å². The van der Waals surface area contributed by atoms with Crippen molar-refractivity contribution >= 4 is 5.69 Å². The van der Waals surface area contributed by atoms with Gasteiger partial charge >= 0.3 is 0 Å². The van der Waals surface area contributed by atoms with Gasteiger partial charge in [-0.3, -0.25) is 10.00 Å². The second-order valence-corrected chi connectivity index (χ2v) is 6.97. The number of H-pyrrole nitrogens is 1. The molecule has 2 aromatic heterocycles. The Morgan fingerprint density at radius 2 is 2.19 bits per heavy atom. The number of aromatic amines is 1. The molecule has 2 fully saturated rings. The van der Waals surface area contributed by atoms with E-state index < -0.39 is 0 Å². The number of pyridine rings is 1. The van der Waals surface area contributed by atoms with Gasteiger partial charge in [-0.1, -0.05) is 0 Å². The summed E-state index contributed by atoms with van der Waals surface area (Å²) in [5.41, 5.74) is 3.97. The van der Waals surface area contributed by atoms with E-state index in [4.69, 9.17) is 4.74 Å². The summed E-state index contributed by atoms with van der Waals surface area (Å²) in [4.78, 5) is 8.93. The SMILES string of the molecule is N#Cc1ncccc1N1CCCC(c2[nH]ncc2CN2CCOCC2)C1. The monoisotopic (exact) mass is 352 g/mol. The fraction of sp³-hybridized carbons (Fsp3) is 0.526. The Labute approximate surface area is 153 Å². The summed E-state index contributed by atoms with van der Waals surface area (Å²) < 4.78 is 5.45. The smallest absolute Gasteiger partial charge is 0.163 e. The third-order valence-corrected chi connectivity index (χ3v) is 5.31. The van der Waals surface area contributed by atoms with Crippen molar-refractivity contribution in [2.45, 2.75) is 25.3 Å². The third-order valence-electron chi connectivity index (χ3n) is 5.31. The molecule has 0 aliphatic carbocycles. The van der Waals surface area contributed by atoms with Gasteiger partial charge in [0.15, 0.2) is 5.69 Å². The first-order chi connectivity index (χ1) is 12.8. The minimum absolute atomic E-state index is 0.397. The summed E-state index contributed by atoms with van der Waals surface area (Å²) in [5, 5.41) is 16.9. The van der Waals surface area contributed by atoms with Crippen LogP contribution in [0.2, 0.25) is 0 Å². The van der Waals surface area contributed by atoms with Crippen molar-refractivity contribution in [3.8, 4) is 6.07 Å². The summed E-state index contributed by atoms with van der Waals surface area (Å²) in [6.45, 7) is 6.33. The number of rotatable bonds is 4. The van der Waals surface area contributed by atoms with Crippen LogP contribution in [0.1, 0.15) is 35.7 Å². The molecular formula is C19H24N6O. The van der Waals surface area contributed by atoms with Crippen molar-refractivity contribution in [2.75, 3.05) is 44.3 Å². The Bertz CT molecular complexity index is 776. The zero-order chi connectivity index (χ0) is 17.8. The fourth-order valence-corrected chi connectivity index (χ4v) is 3.97. The normalized spacial score (nSPS) is 21.5. The summed E-state index contributed by atoms with van der Waals surface area (Å²) in [7, 11) is 0. The highest BCUT2D eigenvalue weighted by atomic mass is 16.5. The number of hydrogen-bond acceptors (Lipinski definition) is 6. The molecule has 0 aromatic carbocycles. The van der Waals surface area contributed by atoms with E-state index in [9.17, 15) is 5.26 Å². The van der Waals surface area contributed by atoms with Crippen molar-refractivity contribution in [2.24, 2.45) is 0 Å². The van der Waals surface area contributed by atoms with Crippen LogP contribution in [0.3, 0.4) is 0 Å². The van der Waals surface area contributed by atoms with Crippen LogP contribution < -0.4 is 4.90 Å². The molecule has 7 nitrogen and oxygen atoms in total. The van der Waals surface area contributed by atoms with E-state index in [2.05, 4.69) is 31.1 Å². The Morgan fingerprint density at radius 1 is 1.31 bits per heavy atom. The van der Waals surface area contributed by atoms with Crippen molar-refractivity contribution < 1.29 is 4.74 Å². The average molecular weight is 352 g/mol. The van der Waals surface area contributed by atoms with Gasteiger partial charge in [-0.05, 0) is 25.0 Å².